The van der Waals surface area contributed by atoms with Crippen LogP contribution in [-0.4, -0.2) is 42.8 Å². The summed E-state index contributed by atoms with van der Waals surface area (Å²) < 4.78 is 16.5. The molecule has 0 aromatic heterocycles. The van der Waals surface area contributed by atoms with Crippen LogP contribution in [0, 0.1) is 0 Å². The summed E-state index contributed by atoms with van der Waals surface area (Å²) in [6.45, 7) is 2.79. The minimum Gasteiger partial charge on any atom is -0.495 e. The average molecular weight is 547 g/mol. The third kappa shape index (κ3) is 6.80. The molecule has 0 unspecified atom stereocenters. The normalized spacial score (nSPS) is 14.0. The van der Waals surface area contributed by atoms with Gasteiger partial charge in [-0.3, -0.25) is 19.3 Å². The second-order valence-electron chi connectivity index (χ2n) is 8.73. The fourth-order valence-corrected chi connectivity index (χ4v) is 4.73. The Bertz CT molecular complexity index is 1390. The molecule has 0 aliphatic carbocycles. The number of para-hydroxylation sites is 2. The molecular weight excluding hydrogens is 516 g/mol. The zero-order chi connectivity index (χ0) is 27.8. The maximum Gasteiger partial charge on any atom is 0.293 e. The predicted molar refractivity (Wildman–Crippen MR) is 152 cm³/mol. The van der Waals surface area contributed by atoms with Gasteiger partial charge < -0.3 is 19.5 Å². The highest BCUT2D eigenvalue weighted by Crippen LogP contribution is 2.35. The first-order chi connectivity index (χ1) is 18.9. The highest BCUT2D eigenvalue weighted by Gasteiger charge is 2.35. The molecule has 1 fully saturated rings. The van der Waals surface area contributed by atoms with Crippen molar-refractivity contribution in [3.63, 3.8) is 0 Å². The molecule has 3 aromatic rings. The Morgan fingerprint density at radius 3 is 2.41 bits per heavy atom. The molecule has 1 saturated heterocycles. The van der Waals surface area contributed by atoms with Gasteiger partial charge in [0.15, 0.2) is 11.5 Å². The number of unbranched alkanes of at least 4 members (excludes halogenated alkanes) is 1. The first-order valence-electron chi connectivity index (χ1n) is 12.5. The number of hydrogen-bond acceptors (Lipinski definition) is 7. The number of ether oxygens (including phenoxy) is 3. The molecule has 39 heavy (non-hydrogen) atoms. The van der Waals surface area contributed by atoms with Crippen molar-refractivity contribution < 1.29 is 28.6 Å². The van der Waals surface area contributed by atoms with E-state index in [9.17, 15) is 14.4 Å². The standard InChI is InChI=1S/C30H30N2O6S/c1-4-5-16-38-25-15-12-21(17-26(25)37-3)18-27-29(34)32(30(35)39-27)19-20-10-13-22(14-11-20)28(33)31-23-8-6-7-9-24(23)36-2/h6-15,17-18H,4-5,16,19H2,1-3H3,(H,31,33)/b27-18-. The van der Waals surface area contributed by atoms with Crippen LogP contribution in [0.25, 0.3) is 6.08 Å². The van der Waals surface area contributed by atoms with Crippen LogP contribution in [0.15, 0.2) is 71.6 Å². The van der Waals surface area contributed by atoms with Gasteiger partial charge in [0, 0.05) is 5.56 Å². The Hall–Kier alpha value is -4.24. The number of benzene rings is 3. The van der Waals surface area contributed by atoms with Crippen molar-refractivity contribution in [2.24, 2.45) is 0 Å². The van der Waals surface area contributed by atoms with Gasteiger partial charge in [-0.15, -0.1) is 0 Å². The molecule has 1 aliphatic rings. The third-order valence-electron chi connectivity index (χ3n) is 6.03. The molecule has 3 amide bonds. The maximum absolute atomic E-state index is 13.0. The van der Waals surface area contributed by atoms with E-state index in [0.717, 1.165) is 35.7 Å². The topological polar surface area (TPSA) is 94.2 Å². The van der Waals surface area contributed by atoms with E-state index in [0.29, 0.717) is 40.0 Å². The number of thioether (sulfide) groups is 1. The fourth-order valence-electron chi connectivity index (χ4n) is 3.89. The minimum atomic E-state index is -0.370. The maximum atomic E-state index is 13.0. The molecule has 0 atom stereocenters. The van der Waals surface area contributed by atoms with Crippen molar-refractivity contribution in [2.45, 2.75) is 26.3 Å². The Kier molecular flexibility index (Phi) is 9.27. The highest BCUT2D eigenvalue weighted by molar-refractivity contribution is 8.18. The fraction of sp³-hybridized carbons (Fsp3) is 0.233. The molecule has 3 aromatic carbocycles. The first-order valence-corrected chi connectivity index (χ1v) is 13.3. The van der Waals surface area contributed by atoms with Crippen LogP contribution in [0.4, 0.5) is 10.5 Å². The first kappa shape index (κ1) is 27.8. The molecule has 1 heterocycles. The van der Waals surface area contributed by atoms with E-state index >= 15 is 0 Å². The quantitative estimate of drug-likeness (QED) is 0.221. The number of nitrogens with one attached hydrogen (secondary N) is 1. The van der Waals surface area contributed by atoms with Crippen molar-refractivity contribution in [1.82, 2.24) is 4.90 Å². The molecule has 0 spiro atoms. The van der Waals surface area contributed by atoms with Crippen LogP contribution in [-0.2, 0) is 11.3 Å². The number of anilines is 1. The van der Waals surface area contributed by atoms with Crippen molar-refractivity contribution in [2.75, 3.05) is 26.1 Å². The minimum absolute atomic E-state index is 0.101. The van der Waals surface area contributed by atoms with Crippen molar-refractivity contribution in [3.8, 4) is 17.2 Å². The van der Waals surface area contributed by atoms with Crippen molar-refractivity contribution >= 4 is 40.6 Å². The Morgan fingerprint density at radius 1 is 0.949 bits per heavy atom. The van der Waals surface area contributed by atoms with Gasteiger partial charge in [-0.2, -0.15) is 0 Å². The number of rotatable bonds is 11. The Labute approximate surface area is 231 Å². The lowest BCUT2D eigenvalue weighted by Gasteiger charge is -2.13. The van der Waals surface area contributed by atoms with E-state index in [2.05, 4.69) is 12.2 Å². The molecule has 9 heteroatoms. The molecular formula is C30H30N2O6S. The predicted octanol–water partition coefficient (Wildman–Crippen LogP) is 6.37. The van der Waals surface area contributed by atoms with E-state index in [-0.39, 0.29) is 23.6 Å². The van der Waals surface area contributed by atoms with Crippen molar-refractivity contribution in [3.05, 3.63) is 88.3 Å². The second kappa shape index (κ2) is 13.0. The number of carbonyl (C=O) groups excluding carboxylic acids is 3. The van der Waals surface area contributed by atoms with Gasteiger partial charge in [-0.1, -0.05) is 43.7 Å². The smallest absolute Gasteiger partial charge is 0.293 e. The zero-order valence-electron chi connectivity index (χ0n) is 22.1. The van der Waals surface area contributed by atoms with Gasteiger partial charge in [-0.05, 0) is 71.8 Å². The number of amides is 3. The Morgan fingerprint density at radius 2 is 1.69 bits per heavy atom. The largest absolute Gasteiger partial charge is 0.495 e. The van der Waals surface area contributed by atoms with Crippen LogP contribution in [0.3, 0.4) is 0 Å². The summed E-state index contributed by atoms with van der Waals surface area (Å²) in [6, 6.07) is 19.3. The summed E-state index contributed by atoms with van der Waals surface area (Å²) in [5.41, 5.74) is 2.46. The summed E-state index contributed by atoms with van der Waals surface area (Å²) in [5.74, 6) is 1.09. The van der Waals surface area contributed by atoms with Gasteiger partial charge in [0.1, 0.15) is 5.75 Å². The van der Waals surface area contributed by atoms with Gasteiger partial charge in [0.2, 0.25) is 0 Å². The number of nitrogens with zero attached hydrogens (tertiary/aromatic N) is 1. The van der Waals surface area contributed by atoms with Crippen molar-refractivity contribution in [1.29, 1.82) is 0 Å². The lowest BCUT2D eigenvalue weighted by Crippen LogP contribution is -2.27. The van der Waals surface area contributed by atoms with Crippen LogP contribution in [0.2, 0.25) is 0 Å². The highest BCUT2D eigenvalue weighted by atomic mass is 32.2. The van der Waals surface area contributed by atoms with E-state index in [1.54, 1.807) is 67.8 Å². The van der Waals surface area contributed by atoms with Gasteiger partial charge >= 0.3 is 0 Å². The van der Waals surface area contributed by atoms with Gasteiger partial charge in [-0.25, -0.2) is 0 Å². The molecule has 1 aliphatic heterocycles. The van der Waals surface area contributed by atoms with Gasteiger partial charge in [0.25, 0.3) is 17.1 Å². The third-order valence-corrected chi connectivity index (χ3v) is 6.93. The second-order valence-corrected chi connectivity index (χ2v) is 9.72. The summed E-state index contributed by atoms with van der Waals surface area (Å²) in [7, 11) is 3.10. The number of hydrogen-bond donors (Lipinski definition) is 1. The van der Waals surface area contributed by atoms with E-state index < -0.39 is 0 Å². The lowest BCUT2D eigenvalue weighted by molar-refractivity contribution is -0.123. The molecule has 0 bridgehead atoms. The molecule has 8 nitrogen and oxygen atoms in total. The lowest BCUT2D eigenvalue weighted by atomic mass is 10.1. The Balaban J connectivity index is 1.41. The molecule has 202 valence electrons. The van der Waals surface area contributed by atoms with E-state index in [1.165, 1.54) is 12.0 Å². The van der Waals surface area contributed by atoms with Crippen LogP contribution in [0.5, 0.6) is 17.2 Å². The van der Waals surface area contributed by atoms with E-state index in [1.807, 2.05) is 12.1 Å². The SMILES string of the molecule is CCCCOc1ccc(/C=C2\SC(=O)N(Cc3ccc(C(=O)Nc4ccccc4OC)cc3)C2=O)cc1OC. The molecule has 4 rings (SSSR count). The number of methoxy groups -OCH3 is 2. The van der Waals surface area contributed by atoms with Gasteiger partial charge in [0.05, 0.1) is 38.0 Å². The number of carbonyl (C=O) groups is 3. The van der Waals surface area contributed by atoms with Crippen LogP contribution < -0.4 is 19.5 Å². The summed E-state index contributed by atoms with van der Waals surface area (Å²) in [4.78, 5) is 39.9. The monoisotopic (exact) mass is 546 g/mol. The molecule has 1 N–H and O–H groups in total. The number of imide groups is 1. The average Bonchev–Trinajstić information content (AvgIpc) is 3.21. The zero-order valence-corrected chi connectivity index (χ0v) is 22.9. The van der Waals surface area contributed by atoms with E-state index in [4.69, 9.17) is 14.2 Å². The summed E-state index contributed by atoms with van der Waals surface area (Å²) >= 11 is 0.894. The molecule has 0 saturated carbocycles. The van der Waals surface area contributed by atoms with Crippen LogP contribution in [0.1, 0.15) is 41.3 Å². The molecule has 0 radical (unpaired) electrons. The summed E-state index contributed by atoms with van der Waals surface area (Å²) in [6.07, 6.45) is 3.64. The summed E-state index contributed by atoms with van der Waals surface area (Å²) in [5, 5.41) is 2.48. The van der Waals surface area contributed by atoms with Crippen LogP contribution >= 0.6 is 11.8 Å².